The third-order valence-corrected chi connectivity index (χ3v) is 3.67. The van der Waals surface area contributed by atoms with Gasteiger partial charge in [0.1, 0.15) is 6.10 Å². The van der Waals surface area contributed by atoms with Gasteiger partial charge in [0.05, 0.1) is 6.10 Å². The van der Waals surface area contributed by atoms with Crippen molar-refractivity contribution in [1.29, 1.82) is 0 Å². The van der Waals surface area contributed by atoms with Crippen molar-refractivity contribution in [2.75, 3.05) is 13.7 Å². The highest BCUT2D eigenvalue weighted by Gasteiger charge is 2.36. The number of carbonyl (C=O) groups excluding carboxylic acids is 1. The summed E-state index contributed by atoms with van der Waals surface area (Å²) in [4.78, 5) is 13.7. The first-order chi connectivity index (χ1) is 8.60. The molecule has 0 aromatic carbocycles. The second kappa shape index (κ2) is 6.98. The summed E-state index contributed by atoms with van der Waals surface area (Å²) in [5, 5.41) is 0. The van der Waals surface area contributed by atoms with E-state index >= 15 is 0 Å². The van der Waals surface area contributed by atoms with Crippen molar-refractivity contribution < 1.29 is 14.3 Å². The first-order valence-corrected chi connectivity index (χ1v) is 7.10. The molecule has 0 N–H and O–H groups in total. The van der Waals surface area contributed by atoms with E-state index < -0.39 is 0 Å². The molecule has 4 heteroatoms. The number of amides is 1. The number of likely N-dealkylation sites (tertiary alicyclic amines) is 1. The Morgan fingerprint density at radius 3 is 2.17 bits per heavy atom. The molecule has 1 saturated carbocycles. The maximum atomic E-state index is 11.9. The first-order valence-electron chi connectivity index (χ1n) is 7.10. The molecule has 2 aliphatic rings. The Hall–Kier alpha value is -0.770. The Morgan fingerprint density at radius 2 is 1.72 bits per heavy atom. The zero-order valence-corrected chi connectivity index (χ0v) is 12.3. The van der Waals surface area contributed by atoms with Crippen LogP contribution >= 0.6 is 0 Å². The Balaban J connectivity index is 0.000000771. The van der Waals surface area contributed by atoms with E-state index in [-0.39, 0.29) is 18.3 Å². The lowest BCUT2D eigenvalue weighted by Crippen LogP contribution is -2.43. The van der Waals surface area contributed by atoms with E-state index in [0.29, 0.717) is 12.0 Å². The largest absolute Gasteiger partial charge is 0.446 e. The van der Waals surface area contributed by atoms with Gasteiger partial charge in [-0.1, -0.05) is 20.8 Å². The highest BCUT2D eigenvalue weighted by molar-refractivity contribution is 5.68. The van der Waals surface area contributed by atoms with Gasteiger partial charge in [-0.3, -0.25) is 0 Å². The summed E-state index contributed by atoms with van der Waals surface area (Å²) >= 11 is 0. The molecule has 1 heterocycles. The predicted molar refractivity (Wildman–Crippen MR) is 71.6 cm³/mol. The minimum atomic E-state index is -0.142. The van der Waals surface area contributed by atoms with E-state index in [2.05, 4.69) is 13.8 Å². The molecule has 18 heavy (non-hydrogen) atoms. The number of methoxy groups -OCH3 is 1. The van der Waals surface area contributed by atoms with Crippen LogP contribution in [-0.2, 0) is 9.47 Å². The van der Waals surface area contributed by atoms with E-state index in [1.807, 2.05) is 18.7 Å². The van der Waals surface area contributed by atoms with E-state index in [4.69, 9.17) is 9.47 Å². The van der Waals surface area contributed by atoms with Gasteiger partial charge in [-0.15, -0.1) is 0 Å². The van der Waals surface area contributed by atoms with Gasteiger partial charge in [0.2, 0.25) is 0 Å². The molecule has 106 valence electrons. The molecule has 0 radical (unpaired) electrons. The van der Waals surface area contributed by atoms with Crippen LogP contribution in [0.1, 0.15) is 47.0 Å². The third-order valence-electron chi connectivity index (χ3n) is 3.67. The van der Waals surface area contributed by atoms with Gasteiger partial charge in [-0.05, 0) is 19.3 Å². The molecular formula is C14H27NO3. The lowest BCUT2D eigenvalue weighted by atomic mass is 9.92. The molecule has 0 spiro atoms. The Morgan fingerprint density at radius 1 is 1.11 bits per heavy atom. The van der Waals surface area contributed by atoms with Crippen molar-refractivity contribution >= 4 is 6.09 Å². The fourth-order valence-corrected chi connectivity index (χ4v) is 2.57. The topological polar surface area (TPSA) is 38.8 Å². The molecule has 1 saturated heterocycles. The molecule has 0 aromatic heterocycles. The van der Waals surface area contributed by atoms with Crippen LogP contribution in [0, 0.1) is 5.92 Å². The third kappa shape index (κ3) is 3.61. The van der Waals surface area contributed by atoms with Gasteiger partial charge in [-0.2, -0.15) is 0 Å². The molecule has 1 amide bonds. The lowest BCUT2D eigenvalue weighted by molar-refractivity contribution is -0.0642. The van der Waals surface area contributed by atoms with Crippen LogP contribution in [-0.4, -0.2) is 42.9 Å². The number of nitrogens with zero attached hydrogens (tertiary/aromatic N) is 1. The zero-order chi connectivity index (χ0) is 13.7. The van der Waals surface area contributed by atoms with E-state index in [0.717, 1.165) is 25.8 Å². The van der Waals surface area contributed by atoms with Crippen molar-refractivity contribution in [1.82, 2.24) is 4.90 Å². The predicted octanol–water partition coefficient (Wildman–Crippen LogP) is 3.06. The molecule has 2 atom stereocenters. The van der Waals surface area contributed by atoms with Crippen molar-refractivity contribution in [3.63, 3.8) is 0 Å². The summed E-state index contributed by atoms with van der Waals surface area (Å²) in [5.74, 6) is 0.593. The smallest absolute Gasteiger partial charge is 0.410 e. The summed E-state index contributed by atoms with van der Waals surface area (Å²) in [6.45, 7) is 9.10. The normalized spacial score (nSPS) is 34.4. The SMILES string of the molecule is CC.COC1CC(OC(=O)N2CC(C)CC2C)C1. The van der Waals surface area contributed by atoms with Crippen molar-refractivity contribution in [3.05, 3.63) is 0 Å². The molecule has 4 nitrogen and oxygen atoms in total. The van der Waals surface area contributed by atoms with Crippen LogP contribution in [0.4, 0.5) is 4.79 Å². The zero-order valence-electron chi connectivity index (χ0n) is 12.3. The summed E-state index contributed by atoms with van der Waals surface area (Å²) in [7, 11) is 1.70. The van der Waals surface area contributed by atoms with Gasteiger partial charge in [0, 0.05) is 32.5 Å². The number of ether oxygens (including phenoxy) is 2. The second-order valence-corrected chi connectivity index (χ2v) is 5.18. The Bertz CT molecular complexity index is 264. The quantitative estimate of drug-likeness (QED) is 0.763. The first kappa shape index (κ1) is 15.3. The molecule has 1 aliphatic carbocycles. The van der Waals surface area contributed by atoms with E-state index in [1.165, 1.54) is 0 Å². The highest BCUT2D eigenvalue weighted by atomic mass is 16.6. The summed E-state index contributed by atoms with van der Waals surface area (Å²) in [6.07, 6.45) is 2.99. The number of carbonyl (C=O) groups is 1. The van der Waals surface area contributed by atoms with Crippen LogP contribution in [0.5, 0.6) is 0 Å². The molecule has 0 aromatic rings. The molecule has 0 bridgehead atoms. The average Bonchev–Trinajstić information content (AvgIpc) is 2.65. The Labute approximate surface area is 111 Å². The van der Waals surface area contributed by atoms with Crippen molar-refractivity contribution in [2.45, 2.75) is 65.2 Å². The van der Waals surface area contributed by atoms with Crippen LogP contribution in [0.15, 0.2) is 0 Å². The van der Waals surface area contributed by atoms with E-state index in [9.17, 15) is 4.79 Å². The van der Waals surface area contributed by atoms with Gasteiger partial charge in [0.25, 0.3) is 0 Å². The highest BCUT2D eigenvalue weighted by Crippen LogP contribution is 2.28. The van der Waals surface area contributed by atoms with Crippen LogP contribution < -0.4 is 0 Å². The molecule has 2 unspecified atom stereocenters. The van der Waals surface area contributed by atoms with E-state index in [1.54, 1.807) is 7.11 Å². The molecule has 2 rings (SSSR count). The average molecular weight is 257 g/mol. The minimum Gasteiger partial charge on any atom is -0.446 e. The van der Waals surface area contributed by atoms with Crippen LogP contribution in [0.25, 0.3) is 0 Å². The monoisotopic (exact) mass is 257 g/mol. The fourth-order valence-electron chi connectivity index (χ4n) is 2.57. The maximum absolute atomic E-state index is 11.9. The van der Waals surface area contributed by atoms with Gasteiger partial charge in [0.15, 0.2) is 0 Å². The molecule has 2 fully saturated rings. The maximum Gasteiger partial charge on any atom is 0.410 e. The minimum absolute atomic E-state index is 0.0700. The van der Waals surface area contributed by atoms with Gasteiger partial charge < -0.3 is 14.4 Å². The Kier molecular flexibility index (Phi) is 5.93. The molecular weight excluding hydrogens is 230 g/mol. The van der Waals surface area contributed by atoms with Gasteiger partial charge >= 0.3 is 6.09 Å². The summed E-state index contributed by atoms with van der Waals surface area (Å²) in [6, 6.07) is 0.320. The second-order valence-electron chi connectivity index (χ2n) is 5.18. The van der Waals surface area contributed by atoms with Crippen molar-refractivity contribution in [3.8, 4) is 0 Å². The van der Waals surface area contributed by atoms with Crippen molar-refractivity contribution in [2.24, 2.45) is 5.92 Å². The number of rotatable bonds is 2. The van der Waals surface area contributed by atoms with Crippen LogP contribution in [0.2, 0.25) is 0 Å². The standard InChI is InChI=1S/C12H21NO3.C2H6/c1-8-4-9(2)13(7-8)12(14)16-11-5-10(6-11)15-3;1-2/h8-11H,4-7H2,1-3H3;1-2H3. The number of hydrogen-bond acceptors (Lipinski definition) is 3. The summed E-state index contributed by atoms with van der Waals surface area (Å²) in [5.41, 5.74) is 0. The molecule has 1 aliphatic heterocycles. The lowest BCUT2D eigenvalue weighted by Gasteiger charge is -2.35. The van der Waals surface area contributed by atoms with Gasteiger partial charge in [-0.25, -0.2) is 4.79 Å². The summed E-state index contributed by atoms with van der Waals surface area (Å²) < 4.78 is 10.6. The number of hydrogen-bond donors (Lipinski definition) is 0. The van der Waals surface area contributed by atoms with Crippen LogP contribution in [0.3, 0.4) is 0 Å². The fraction of sp³-hybridized carbons (Fsp3) is 0.929.